The quantitative estimate of drug-likeness (QED) is 0.159. The third-order valence-electron chi connectivity index (χ3n) is 12.1. The van der Waals surface area contributed by atoms with E-state index in [-0.39, 0.29) is 5.92 Å². The lowest BCUT2D eigenvalue weighted by Gasteiger charge is -2.24. The summed E-state index contributed by atoms with van der Waals surface area (Å²) < 4.78 is 5.11. The maximum atomic E-state index is 2.55. The number of hydrogen-bond donors (Lipinski definition) is 0. The third kappa shape index (κ3) is 4.73. The highest BCUT2D eigenvalue weighted by Gasteiger charge is 2.23. The van der Waals surface area contributed by atoms with Crippen molar-refractivity contribution in [3.8, 4) is 16.8 Å². The highest BCUT2D eigenvalue weighted by Crippen LogP contribution is 2.47. The molecule has 0 bridgehead atoms. The number of rotatable bonds is 4. The van der Waals surface area contributed by atoms with E-state index >= 15 is 0 Å². The molecule has 262 valence electrons. The van der Waals surface area contributed by atoms with Crippen LogP contribution in [0.2, 0.25) is 0 Å². The van der Waals surface area contributed by atoms with Crippen LogP contribution >= 0.6 is 11.3 Å². The van der Waals surface area contributed by atoms with Gasteiger partial charge >= 0.3 is 0 Å². The Morgan fingerprint density at radius 2 is 1.12 bits per heavy atom. The fraction of sp³-hybridized carbons (Fsp3) is 0.0370. The van der Waals surface area contributed by atoms with Gasteiger partial charge in [-0.2, -0.15) is 0 Å². The van der Waals surface area contributed by atoms with Crippen molar-refractivity contribution in [1.82, 2.24) is 4.57 Å². The fourth-order valence-electron chi connectivity index (χ4n) is 9.63. The summed E-state index contributed by atoms with van der Waals surface area (Å²) >= 11 is 1.92. The van der Waals surface area contributed by atoms with Crippen LogP contribution < -0.4 is 0 Å². The Hall–Kier alpha value is -6.74. The number of hydrogen-bond acceptors (Lipinski definition) is 1. The summed E-state index contributed by atoms with van der Waals surface area (Å²) in [7, 11) is 0. The van der Waals surface area contributed by atoms with Crippen LogP contribution in [0.15, 0.2) is 194 Å². The molecule has 0 amide bonds. The first-order valence-corrected chi connectivity index (χ1v) is 20.4. The molecule has 12 rings (SSSR count). The van der Waals surface area contributed by atoms with Gasteiger partial charge in [0.05, 0.1) is 11.0 Å². The molecule has 1 aliphatic rings. The van der Waals surface area contributed by atoms with Crippen molar-refractivity contribution >= 4 is 91.2 Å². The summed E-state index contributed by atoms with van der Waals surface area (Å²) in [5.41, 5.74) is 10.2. The minimum Gasteiger partial charge on any atom is -0.309 e. The maximum absolute atomic E-state index is 2.55. The van der Waals surface area contributed by atoms with Crippen molar-refractivity contribution in [1.29, 1.82) is 0 Å². The number of thiophene rings is 1. The van der Waals surface area contributed by atoms with Crippen LogP contribution in [0.25, 0.3) is 96.7 Å². The zero-order chi connectivity index (χ0) is 36.7. The fourth-order valence-corrected chi connectivity index (χ4v) is 10.9. The molecule has 2 heteroatoms. The van der Waals surface area contributed by atoms with Crippen LogP contribution in [0.3, 0.4) is 0 Å². The van der Waals surface area contributed by atoms with Crippen LogP contribution in [0.5, 0.6) is 0 Å². The van der Waals surface area contributed by atoms with Gasteiger partial charge in [0.15, 0.2) is 0 Å². The number of benzene rings is 9. The number of nitrogens with zero attached hydrogens (tertiary/aromatic N) is 1. The van der Waals surface area contributed by atoms with Crippen LogP contribution in [0.1, 0.15) is 23.5 Å². The molecular weight excluding hydrogens is 695 g/mol. The highest BCUT2D eigenvalue weighted by atomic mass is 32.1. The second-order valence-electron chi connectivity index (χ2n) is 15.1. The van der Waals surface area contributed by atoms with E-state index < -0.39 is 0 Å². The predicted octanol–water partition coefficient (Wildman–Crippen LogP) is 15.4. The minimum atomic E-state index is 0.234. The van der Waals surface area contributed by atoms with E-state index in [0.717, 1.165) is 6.42 Å². The van der Waals surface area contributed by atoms with Crippen molar-refractivity contribution < 1.29 is 0 Å². The van der Waals surface area contributed by atoms with Gasteiger partial charge < -0.3 is 4.57 Å². The van der Waals surface area contributed by atoms with Gasteiger partial charge in [-0.25, -0.2) is 0 Å². The third-order valence-corrected chi connectivity index (χ3v) is 13.3. The van der Waals surface area contributed by atoms with E-state index in [1.165, 1.54) is 108 Å². The summed E-state index contributed by atoms with van der Waals surface area (Å²) in [5.74, 6) is 0.234. The van der Waals surface area contributed by atoms with E-state index in [4.69, 9.17) is 0 Å². The lowest BCUT2D eigenvalue weighted by Crippen LogP contribution is -2.03. The van der Waals surface area contributed by atoms with E-state index in [2.05, 4.69) is 199 Å². The molecule has 2 heterocycles. The average Bonchev–Trinajstić information content (AvgIpc) is 3.80. The van der Waals surface area contributed by atoms with E-state index in [1.807, 2.05) is 11.3 Å². The van der Waals surface area contributed by atoms with Crippen molar-refractivity contribution in [2.24, 2.45) is 0 Å². The van der Waals surface area contributed by atoms with Crippen molar-refractivity contribution in [2.75, 3.05) is 0 Å². The molecule has 9 aromatic carbocycles. The second-order valence-corrected chi connectivity index (χ2v) is 16.2. The lowest BCUT2D eigenvalue weighted by atomic mass is 9.80. The number of para-hydroxylation sites is 2. The minimum absolute atomic E-state index is 0.234. The highest BCUT2D eigenvalue weighted by molar-refractivity contribution is 7.26. The molecule has 1 nitrogen and oxygen atoms in total. The van der Waals surface area contributed by atoms with Gasteiger partial charge in [-0.3, -0.25) is 0 Å². The molecule has 2 aromatic heterocycles. The molecule has 0 N–H and O–H groups in total. The molecule has 0 saturated heterocycles. The predicted molar refractivity (Wildman–Crippen MR) is 243 cm³/mol. The monoisotopic (exact) mass is 729 g/mol. The Morgan fingerprint density at radius 3 is 1.91 bits per heavy atom. The van der Waals surface area contributed by atoms with Gasteiger partial charge in [0, 0.05) is 42.6 Å². The number of allylic oxidation sites excluding steroid dienone is 4. The molecule has 11 aromatic rings. The second kappa shape index (κ2) is 12.4. The molecule has 0 radical (unpaired) electrons. The van der Waals surface area contributed by atoms with E-state index in [9.17, 15) is 0 Å². The molecule has 0 saturated carbocycles. The normalized spacial score (nSPS) is 14.6. The largest absolute Gasteiger partial charge is 0.309 e. The first kappa shape index (κ1) is 31.6. The first-order chi connectivity index (χ1) is 27.8. The van der Waals surface area contributed by atoms with Crippen LogP contribution in [0, 0.1) is 0 Å². The Morgan fingerprint density at radius 1 is 0.482 bits per heavy atom. The van der Waals surface area contributed by atoms with Gasteiger partial charge in [0.25, 0.3) is 0 Å². The van der Waals surface area contributed by atoms with Crippen molar-refractivity contribution in [3.63, 3.8) is 0 Å². The zero-order valence-corrected chi connectivity index (χ0v) is 31.4. The van der Waals surface area contributed by atoms with Gasteiger partial charge in [0.2, 0.25) is 0 Å². The Bertz CT molecular complexity index is 3390. The summed E-state index contributed by atoms with van der Waals surface area (Å²) in [5, 5.41) is 13.1. The average molecular weight is 730 g/mol. The molecule has 1 atom stereocenters. The summed E-state index contributed by atoms with van der Waals surface area (Å²) in [6.45, 7) is 0. The van der Waals surface area contributed by atoms with Crippen LogP contribution in [-0.2, 0) is 0 Å². The number of aromatic nitrogens is 1. The molecule has 0 spiro atoms. The first-order valence-electron chi connectivity index (χ1n) is 19.5. The molecule has 1 unspecified atom stereocenters. The van der Waals surface area contributed by atoms with Gasteiger partial charge in [-0.15, -0.1) is 11.3 Å². The Labute approximate surface area is 328 Å². The molecule has 56 heavy (non-hydrogen) atoms. The topological polar surface area (TPSA) is 4.93 Å². The summed E-state index contributed by atoms with van der Waals surface area (Å²) in [4.78, 5) is 0. The van der Waals surface area contributed by atoms with Crippen molar-refractivity contribution in [2.45, 2.75) is 12.3 Å². The van der Waals surface area contributed by atoms with E-state index in [1.54, 1.807) is 0 Å². The van der Waals surface area contributed by atoms with Gasteiger partial charge in [-0.1, -0.05) is 152 Å². The zero-order valence-electron chi connectivity index (χ0n) is 30.6. The molecule has 0 fully saturated rings. The summed E-state index contributed by atoms with van der Waals surface area (Å²) in [6, 6.07) is 65.2. The molecule has 0 aliphatic heterocycles. The lowest BCUT2D eigenvalue weighted by molar-refractivity contribution is 0.873. The SMILES string of the molecule is C1=CC(c2cccc3c2sc2cc4ccccc4cc23)=CC(c2c3ccccc3c(-c3ccc4c(c3)c3ccccc3n4-c3ccccc3)c3ccccc23)C1. The molecule has 1 aliphatic carbocycles. The maximum Gasteiger partial charge on any atom is 0.0541 e. The van der Waals surface area contributed by atoms with Crippen LogP contribution in [0.4, 0.5) is 0 Å². The Balaban J connectivity index is 1.05. The van der Waals surface area contributed by atoms with Gasteiger partial charge in [-0.05, 0) is 109 Å². The number of fused-ring (bicyclic) bond motifs is 9. The summed E-state index contributed by atoms with van der Waals surface area (Å²) in [6.07, 6.45) is 8.27. The molecular formula is C54H35NS. The Kier molecular flexibility index (Phi) is 6.99. The van der Waals surface area contributed by atoms with Crippen molar-refractivity contribution in [3.05, 3.63) is 205 Å². The van der Waals surface area contributed by atoms with Gasteiger partial charge in [0.1, 0.15) is 0 Å². The standard InChI is InChI=1S/C54H35NS/c1-2-18-39(19-3-1)55-49-27-11-10-20-41(49)47-32-38(28-29-50(47)55)53-44-23-8-6-21-42(44)52(43-22-7-9-24-45(43)53)37-17-12-16-36(30-37)40-25-13-26-46-48-31-34-14-4-5-15-35(34)33-51(48)56-54(40)46/h1-16,18-33,37H,17H2. The smallest absolute Gasteiger partial charge is 0.0541 e. The van der Waals surface area contributed by atoms with E-state index in [0.29, 0.717) is 0 Å². The van der Waals surface area contributed by atoms with Crippen LogP contribution in [-0.4, -0.2) is 4.57 Å².